The minimum atomic E-state index is -0.376. The number of ether oxygens (including phenoxy) is 1. The number of nitrogens with zero attached hydrogens (tertiary/aromatic N) is 1. The number of nitriles is 1. The lowest BCUT2D eigenvalue weighted by Gasteiger charge is -2.37. The molecule has 5 heteroatoms. The summed E-state index contributed by atoms with van der Waals surface area (Å²) >= 11 is 1.66. The Morgan fingerprint density at radius 1 is 1.45 bits per heavy atom. The van der Waals surface area contributed by atoms with Crippen molar-refractivity contribution in [2.45, 2.75) is 30.2 Å². The number of thioether (sulfide) groups is 1. The largest absolute Gasteiger partial charge is 0.394 e. The second-order valence-electron chi connectivity index (χ2n) is 4.90. The molecule has 1 heterocycles. The molecule has 0 atom stereocenters. The van der Waals surface area contributed by atoms with Gasteiger partial charge in [-0.3, -0.25) is 0 Å². The second-order valence-corrected chi connectivity index (χ2v) is 6.21. The maximum Gasteiger partial charge on any atom is 0.102 e. The fourth-order valence-corrected chi connectivity index (χ4v) is 3.18. The van der Waals surface area contributed by atoms with E-state index in [0.29, 0.717) is 18.8 Å². The van der Waals surface area contributed by atoms with Gasteiger partial charge in [0.25, 0.3) is 0 Å². The number of aliphatic hydroxyl groups excluding tert-OH is 1. The van der Waals surface area contributed by atoms with Crippen LogP contribution in [0.25, 0.3) is 0 Å². The molecule has 0 amide bonds. The van der Waals surface area contributed by atoms with Crippen molar-refractivity contribution in [1.82, 2.24) is 0 Å². The van der Waals surface area contributed by atoms with Crippen molar-refractivity contribution in [2.24, 2.45) is 0 Å². The zero-order valence-corrected chi connectivity index (χ0v) is 12.5. The van der Waals surface area contributed by atoms with Gasteiger partial charge in [-0.05, 0) is 30.7 Å². The predicted molar refractivity (Wildman–Crippen MR) is 81.0 cm³/mol. The van der Waals surface area contributed by atoms with Crippen LogP contribution in [0.3, 0.4) is 0 Å². The summed E-state index contributed by atoms with van der Waals surface area (Å²) in [5.74, 6) is 0.928. The van der Waals surface area contributed by atoms with Crippen molar-refractivity contribution in [3.8, 4) is 6.07 Å². The van der Waals surface area contributed by atoms with Crippen LogP contribution in [0, 0.1) is 11.3 Å². The zero-order chi connectivity index (χ0) is 14.4. The van der Waals surface area contributed by atoms with Gasteiger partial charge in [0, 0.05) is 18.1 Å². The summed E-state index contributed by atoms with van der Waals surface area (Å²) in [5.41, 5.74) is 1.10. The van der Waals surface area contributed by atoms with Crippen LogP contribution < -0.4 is 5.32 Å². The van der Waals surface area contributed by atoms with Crippen LogP contribution >= 0.6 is 11.8 Å². The van der Waals surface area contributed by atoms with Crippen molar-refractivity contribution in [3.05, 3.63) is 23.8 Å². The van der Waals surface area contributed by atoms with E-state index in [9.17, 15) is 10.4 Å². The Balaban J connectivity index is 2.28. The molecule has 0 unspecified atom stereocenters. The van der Waals surface area contributed by atoms with Gasteiger partial charge < -0.3 is 15.2 Å². The molecule has 1 aromatic rings. The number of nitrogens with one attached hydrogen (secondary N) is 1. The molecule has 1 aliphatic rings. The highest BCUT2D eigenvalue weighted by Crippen LogP contribution is 2.32. The minimum absolute atomic E-state index is 0.0480. The third kappa shape index (κ3) is 3.26. The summed E-state index contributed by atoms with van der Waals surface area (Å²) in [6.07, 6.45) is 1.50. The van der Waals surface area contributed by atoms with Crippen LogP contribution in [-0.4, -0.2) is 36.2 Å². The molecule has 0 radical (unpaired) electrons. The number of benzene rings is 1. The van der Waals surface area contributed by atoms with Gasteiger partial charge in [0.2, 0.25) is 0 Å². The van der Waals surface area contributed by atoms with Crippen LogP contribution in [0.1, 0.15) is 25.3 Å². The molecular weight excluding hydrogens is 272 g/mol. The zero-order valence-electron chi connectivity index (χ0n) is 11.7. The van der Waals surface area contributed by atoms with Crippen molar-refractivity contribution in [3.63, 3.8) is 0 Å². The molecule has 2 rings (SSSR count). The van der Waals surface area contributed by atoms with Gasteiger partial charge in [-0.1, -0.05) is 13.0 Å². The average Bonchev–Trinajstić information content (AvgIpc) is 2.49. The van der Waals surface area contributed by atoms with Crippen LogP contribution in [0.15, 0.2) is 23.1 Å². The number of aliphatic hydroxyl groups is 1. The van der Waals surface area contributed by atoms with Crippen LogP contribution in [0.2, 0.25) is 0 Å². The first kappa shape index (κ1) is 15.2. The van der Waals surface area contributed by atoms with E-state index < -0.39 is 0 Å². The van der Waals surface area contributed by atoms with Gasteiger partial charge in [-0.25, -0.2) is 0 Å². The molecule has 1 saturated heterocycles. The maximum absolute atomic E-state index is 9.73. The molecule has 0 bridgehead atoms. The van der Waals surface area contributed by atoms with E-state index in [4.69, 9.17) is 4.74 Å². The summed E-state index contributed by atoms with van der Waals surface area (Å²) < 4.78 is 5.36. The van der Waals surface area contributed by atoms with E-state index in [0.717, 1.165) is 29.2 Å². The number of hydrogen-bond acceptors (Lipinski definition) is 5. The van der Waals surface area contributed by atoms with Crippen molar-refractivity contribution in [2.75, 3.05) is 30.9 Å². The lowest BCUT2D eigenvalue weighted by atomic mass is 9.90. The van der Waals surface area contributed by atoms with Gasteiger partial charge in [0.05, 0.1) is 23.4 Å². The molecule has 2 N–H and O–H groups in total. The smallest absolute Gasteiger partial charge is 0.102 e. The molecule has 1 aromatic carbocycles. The molecule has 108 valence electrons. The molecule has 0 spiro atoms. The lowest BCUT2D eigenvalue weighted by Crippen LogP contribution is -2.47. The van der Waals surface area contributed by atoms with Crippen LogP contribution in [0.5, 0.6) is 0 Å². The quantitative estimate of drug-likeness (QED) is 0.817. The first-order valence-corrected chi connectivity index (χ1v) is 7.86. The normalized spacial score (nSPS) is 17.4. The summed E-state index contributed by atoms with van der Waals surface area (Å²) in [4.78, 5) is 0.986. The summed E-state index contributed by atoms with van der Waals surface area (Å²) in [6, 6.07) is 8.11. The summed E-state index contributed by atoms with van der Waals surface area (Å²) in [5, 5.41) is 22.6. The van der Waals surface area contributed by atoms with Gasteiger partial charge >= 0.3 is 0 Å². The number of rotatable bonds is 5. The van der Waals surface area contributed by atoms with Gasteiger partial charge in [-0.15, -0.1) is 11.8 Å². The topological polar surface area (TPSA) is 65.3 Å². The molecule has 4 nitrogen and oxygen atoms in total. The molecule has 20 heavy (non-hydrogen) atoms. The molecule has 0 saturated carbocycles. The van der Waals surface area contributed by atoms with Gasteiger partial charge in [0.15, 0.2) is 0 Å². The van der Waals surface area contributed by atoms with Crippen LogP contribution in [0.4, 0.5) is 5.69 Å². The fraction of sp³-hybridized carbons (Fsp3) is 0.533. The number of anilines is 1. The van der Waals surface area contributed by atoms with E-state index in [2.05, 4.69) is 18.3 Å². The van der Waals surface area contributed by atoms with E-state index in [1.807, 2.05) is 18.2 Å². The number of hydrogen-bond donors (Lipinski definition) is 2. The van der Waals surface area contributed by atoms with E-state index >= 15 is 0 Å². The minimum Gasteiger partial charge on any atom is -0.394 e. The average molecular weight is 292 g/mol. The molecule has 1 aliphatic heterocycles. The summed E-state index contributed by atoms with van der Waals surface area (Å²) in [7, 11) is 0. The van der Waals surface area contributed by atoms with Gasteiger partial charge in [0.1, 0.15) is 6.07 Å². The lowest BCUT2D eigenvalue weighted by molar-refractivity contribution is 0.0380. The summed E-state index contributed by atoms with van der Waals surface area (Å²) in [6.45, 7) is 3.39. The Bertz CT molecular complexity index is 493. The second kappa shape index (κ2) is 6.98. The Hall–Kier alpha value is -1.22. The van der Waals surface area contributed by atoms with Crippen molar-refractivity contribution < 1.29 is 9.84 Å². The van der Waals surface area contributed by atoms with Crippen LogP contribution in [-0.2, 0) is 4.74 Å². The Morgan fingerprint density at radius 3 is 2.80 bits per heavy atom. The van der Waals surface area contributed by atoms with E-state index in [-0.39, 0.29) is 12.1 Å². The first-order chi connectivity index (χ1) is 9.74. The monoisotopic (exact) mass is 292 g/mol. The Labute approximate surface area is 124 Å². The van der Waals surface area contributed by atoms with Gasteiger partial charge in [-0.2, -0.15) is 5.26 Å². The SMILES string of the molecule is CCSc1cccc(NC2(CO)CCOCC2)c1C#N. The Kier molecular flexibility index (Phi) is 5.30. The first-order valence-electron chi connectivity index (χ1n) is 6.87. The standard InChI is InChI=1S/C15H20N2O2S/c1-2-20-14-5-3-4-13(12(14)10-16)17-15(11-18)6-8-19-9-7-15/h3-5,17-18H,2,6-9,11H2,1H3. The van der Waals surface area contributed by atoms with Crippen molar-refractivity contribution in [1.29, 1.82) is 5.26 Å². The molecule has 0 aromatic heterocycles. The van der Waals surface area contributed by atoms with E-state index in [1.165, 1.54) is 0 Å². The highest BCUT2D eigenvalue weighted by atomic mass is 32.2. The molecule has 1 fully saturated rings. The fourth-order valence-electron chi connectivity index (χ4n) is 2.40. The van der Waals surface area contributed by atoms with Crippen molar-refractivity contribution >= 4 is 17.4 Å². The predicted octanol–water partition coefficient (Wildman–Crippen LogP) is 2.62. The highest BCUT2D eigenvalue weighted by Gasteiger charge is 2.32. The molecular formula is C15H20N2O2S. The molecule has 0 aliphatic carbocycles. The Morgan fingerprint density at radius 2 is 2.20 bits per heavy atom. The third-order valence-corrected chi connectivity index (χ3v) is 4.53. The van der Waals surface area contributed by atoms with E-state index in [1.54, 1.807) is 11.8 Å². The third-order valence-electron chi connectivity index (χ3n) is 3.59. The maximum atomic E-state index is 9.73. The highest BCUT2D eigenvalue weighted by molar-refractivity contribution is 7.99.